The second kappa shape index (κ2) is 7.66. The van der Waals surface area contributed by atoms with Gasteiger partial charge in [0, 0.05) is 17.9 Å². The smallest absolute Gasteiger partial charge is 0.433 e. The fraction of sp³-hybridized carbons (Fsp3) is 0.450. The van der Waals surface area contributed by atoms with Crippen LogP contribution < -0.4 is 4.74 Å². The maximum Gasteiger partial charge on any atom is 0.433 e. The molecule has 0 saturated carbocycles. The summed E-state index contributed by atoms with van der Waals surface area (Å²) >= 11 is 0. The molecular formula is C20H21F3N2O5. The number of para-hydroxylation sites is 1. The van der Waals surface area contributed by atoms with Crippen molar-refractivity contribution in [2.75, 3.05) is 6.54 Å². The van der Waals surface area contributed by atoms with E-state index in [0.29, 0.717) is 5.39 Å². The number of pyridine rings is 1. The van der Waals surface area contributed by atoms with Crippen LogP contribution in [0.5, 0.6) is 5.75 Å². The molecule has 0 radical (unpaired) electrons. The van der Waals surface area contributed by atoms with Gasteiger partial charge in [0.25, 0.3) is 0 Å². The van der Waals surface area contributed by atoms with Crippen LogP contribution in [0.2, 0.25) is 0 Å². The van der Waals surface area contributed by atoms with Crippen molar-refractivity contribution < 1.29 is 37.3 Å². The molecule has 7 nitrogen and oxygen atoms in total. The summed E-state index contributed by atoms with van der Waals surface area (Å²) in [4.78, 5) is 28.7. The quantitative estimate of drug-likeness (QED) is 0.795. The molecule has 1 aliphatic heterocycles. The number of alkyl halides is 3. The normalized spacial score (nSPS) is 19.7. The molecule has 162 valence electrons. The molecule has 2 atom stereocenters. The highest BCUT2D eigenvalue weighted by atomic mass is 19.4. The summed E-state index contributed by atoms with van der Waals surface area (Å²) < 4.78 is 50.7. The molecule has 2 heterocycles. The lowest BCUT2D eigenvalue weighted by Gasteiger charge is -2.26. The highest BCUT2D eigenvalue weighted by Crippen LogP contribution is 2.35. The van der Waals surface area contributed by atoms with Gasteiger partial charge in [0.15, 0.2) is 0 Å². The van der Waals surface area contributed by atoms with E-state index in [0.717, 1.165) is 11.0 Å². The standard InChI is InChI=1S/C20H21F3N2O5/c1-19(2,3)30-18(28)25-10-11(8-14(25)17(26)27)29-15-9-16(20(21,22)23)24-13-7-5-4-6-12(13)15/h4-7,9,11,14H,8,10H2,1-3H3,(H,26,27)/t11-,14+/m1/s1. The molecular weight excluding hydrogens is 405 g/mol. The van der Waals surface area contributed by atoms with Gasteiger partial charge in [-0.15, -0.1) is 0 Å². The van der Waals surface area contributed by atoms with Gasteiger partial charge in [-0.3, -0.25) is 4.90 Å². The Labute approximate surface area is 170 Å². The largest absolute Gasteiger partial charge is 0.488 e. The lowest BCUT2D eigenvalue weighted by atomic mass is 10.1. The SMILES string of the molecule is CC(C)(C)OC(=O)N1C[C@H](Oc2cc(C(F)(F)F)nc3ccccc23)C[C@H]1C(=O)O. The molecule has 3 rings (SSSR count). The van der Waals surface area contributed by atoms with Crippen molar-refractivity contribution in [1.29, 1.82) is 0 Å². The molecule has 1 saturated heterocycles. The molecule has 0 bridgehead atoms. The Morgan fingerprint density at radius 1 is 1.20 bits per heavy atom. The van der Waals surface area contributed by atoms with E-state index >= 15 is 0 Å². The van der Waals surface area contributed by atoms with Crippen LogP contribution >= 0.6 is 0 Å². The zero-order chi connectivity index (χ0) is 22.3. The number of hydrogen-bond acceptors (Lipinski definition) is 5. The maximum atomic E-state index is 13.2. The molecule has 1 aromatic carbocycles. The lowest BCUT2D eigenvalue weighted by Crippen LogP contribution is -2.43. The number of carbonyl (C=O) groups excluding carboxylic acids is 1. The number of halogens is 3. The van der Waals surface area contributed by atoms with Crippen LogP contribution in [0, 0.1) is 0 Å². The van der Waals surface area contributed by atoms with Gasteiger partial charge in [0.1, 0.15) is 29.2 Å². The number of carbonyl (C=O) groups is 2. The van der Waals surface area contributed by atoms with Gasteiger partial charge >= 0.3 is 18.2 Å². The maximum absolute atomic E-state index is 13.2. The number of carboxylic acids is 1. The highest BCUT2D eigenvalue weighted by molar-refractivity contribution is 5.85. The van der Waals surface area contributed by atoms with E-state index in [1.54, 1.807) is 39.0 Å². The number of aromatic nitrogens is 1. The number of aliphatic carboxylic acids is 1. The second-order valence-electron chi connectivity index (χ2n) is 7.98. The minimum absolute atomic E-state index is 0.0758. The summed E-state index contributed by atoms with van der Waals surface area (Å²) in [7, 11) is 0. The van der Waals surface area contributed by atoms with Gasteiger partial charge in [-0.1, -0.05) is 12.1 Å². The van der Waals surface area contributed by atoms with Gasteiger partial charge < -0.3 is 14.6 Å². The molecule has 2 aromatic rings. The van der Waals surface area contributed by atoms with E-state index in [-0.39, 0.29) is 24.2 Å². The number of hydrogen-bond donors (Lipinski definition) is 1. The van der Waals surface area contributed by atoms with Crippen molar-refractivity contribution >= 4 is 23.0 Å². The number of carboxylic acid groups (broad SMARTS) is 1. The van der Waals surface area contributed by atoms with Crippen molar-refractivity contribution in [3.8, 4) is 5.75 Å². The number of rotatable bonds is 3. The topological polar surface area (TPSA) is 89.0 Å². The first kappa shape index (κ1) is 21.7. The minimum atomic E-state index is -4.68. The third-order valence-corrected chi connectivity index (χ3v) is 4.44. The van der Waals surface area contributed by atoms with Crippen LogP contribution in [0.1, 0.15) is 32.9 Å². The number of fused-ring (bicyclic) bond motifs is 1. The average molecular weight is 426 g/mol. The Morgan fingerprint density at radius 2 is 1.87 bits per heavy atom. The molecule has 1 aliphatic rings. The van der Waals surface area contributed by atoms with Gasteiger partial charge in [0.05, 0.1) is 12.1 Å². The van der Waals surface area contributed by atoms with Crippen LogP contribution in [0.4, 0.5) is 18.0 Å². The number of benzene rings is 1. The van der Waals surface area contributed by atoms with Crippen molar-refractivity contribution in [2.45, 2.75) is 51.1 Å². The minimum Gasteiger partial charge on any atom is -0.488 e. The van der Waals surface area contributed by atoms with Crippen molar-refractivity contribution in [2.24, 2.45) is 0 Å². The molecule has 1 amide bonds. The molecule has 0 aliphatic carbocycles. The molecule has 10 heteroatoms. The van der Waals surface area contributed by atoms with Gasteiger partial charge in [0.2, 0.25) is 0 Å². The van der Waals surface area contributed by atoms with E-state index in [1.165, 1.54) is 6.07 Å². The molecule has 1 aromatic heterocycles. The van der Waals surface area contributed by atoms with Crippen LogP contribution in [-0.2, 0) is 15.7 Å². The Kier molecular flexibility index (Phi) is 5.53. The number of ether oxygens (including phenoxy) is 2. The molecule has 0 unspecified atom stereocenters. The van der Waals surface area contributed by atoms with Crippen LogP contribution in [0.25, 0.3) is 10.9 Å². The van der Waals surface area contributed by atoms with E-state index < -0.39 is 41.7 Å². The summed E-state index contributed by atoms with van der Waals surface area (Å²) in [5.41, 5.74) is -1.85. The number of nitrogens with zero attached hydrogens (tertiary/aromatic N) is 2. The van der Waals surface area contributed by atoms with Crippen molar-refractivity contribution in [3.63, 3.8) is 0 Å². The summed E-state index contributed by atoms with van der Waals surface area (Å²) in [6.45, 7) is 4.80. The fourth-order valence-electron chi connectivity index (χ4n) is 3.21. The third-order valence-electron chi connectivity index (χ3n) is 4.44. The predicted molar refractivity (Wildman–Crippen MR) is 100 cm³/mol. The van der Waals surface area contributed by atoms with E-state index in [1.807, 2.05) is 0 Å². The Hall–Kier alpha value is -3.04. The van der Waals surface area contributed by atoms with Gasteiger partial charge in [-0.25, -0.2) is 14.6 Å². The summed E-state index contributed by atoms with van der Waals surface area (Å²) in [6.07, 6.45) is -6.42. The van der Waals surface area contributed by atoms with Gasteiger partial charge in [-0.2, -0.15) is 13.2 Å². The number of likely N-dealkylation sites (tertiary alicyclic amines) is 1. The first-order valence-corrected chi connectivity index (χ1v) is 9.21. The van der Waals surface area contributed by atoms with Gasteiger partial charge in [-0.05, 0) is 32.9 Å². The Morgan fingerprint density at radius 3 is 2.47 bits per heavy atom. The molecule has 1 fully saturated rings. The van der Waals surface area contributed by atoms with Crippen LogP contribution in [0.15, 0.2) is 30.3 Å². The zero-order valence-corrected chi connectivity index (χ0v) is 16.6. The van der Waals surface area contributed by atoms with E-state index in [4.69, 9.17) is 9.47 Å². The number of amides is 1. The second-order valence-corrected chi connectivity index (χ2v) is 7.98. The predicted octanol–water partition coefficient (Wildman–Crippen LogP) is 4.10. The monoisotopic (exact) mass is 426 g/mol. The van der Waals surface area contributed by atoms with Crippen LogP contribution in [0.3, 0.4) is 0 Å². The lowest BCUT2D eigenvalue weighted by molar-refractivity contribution is -0.142. The van der Waals surface area contributed by atoms with Crippen molar-refractivity contribution in [3.05, 3.63) is 36.0 Å². The zero-order valence-electron chi connectivity index (χ0n) is 16.6. The highest BCUT2D eigenvalue weighted by Gasteiger charge is 2.43. The summed E-state index contributed by atoms with van der Waals surface area (Å²) in [5, 5.41) is 9.83. The average Bonchev–Trinajstić information content (AvgIpc) is 3.04. The van der Waals surface area contributed by atoms with E-state index in [9.17, 15) is 27.9 Å². The third kappa shape index (κ3) is 4.74. The first-order chi connectivity index (χ1) is 13.8. The molecule has 1 N–H and O–H groups in total. The van der Waals surface area contributed by atoms with Crippen LogP contribution in [-0.4, -0.2) is 51.3 Å². The van der Waals surface area contributed by atoms with E-state index in [2.05, 4.69) is 4.98 Å². The molecule has 30 heavy (non-hydrogen) atoms. The summed E-state index contributed by atoms with van der Waals surface area (Å²) in [5.74, 6) is -1.32. The Bertz CT molecular complexity index is 971. The fourth-order valence-corrected chi connectivity index (χ4v) is 3.21. The first-order valence-electron chi connectivity index (χ1n) is 9.21. The Balaban J connectivity index is 1.90. The summed E-state index contributed by atoms with van der Waals surface area (Å²) in [6, 6.07) is 5.76. The van der Waals surface area contributed by atoms with Crippen molar-refractivity contribution in [1.82, 2.24) is 9.88 Å². The molecule has 0 spiro atoms.